The summed E-state index contributed by atoms with van der Waals surface area (Å²) in [5, 5.41) is 20.1. The lowest BCUT2D eigenvalue weighted by Gasteiger charge is -2.22. The Morgan fingerprint density at radius 2 is 2.09 bits per heavy atom. The van der Waals surface area contributed by atoms with Crippen molar-refractivity contribution >= 4 is 12.1 Å². The number of hydrogen-bond donors (Lipinski definition) is 2. The van der Waals surface area contributed by atoms with Crippen LogP contribution in [0.4, 0.5) is 4.79 Å². The minimum Gasteiger partial charge on any atom is -0.491 e. The van der Waals surface area contributed by atoms with Gasteiger partial charge in [0.1, 0.15) is 18.0 Å². The average molecular weight is 306 g/mol. The number of hydrogen-bond acceptors (Lipinski definition) is 5. The number of nitriles is 1. The highest BCUT2D eigenvalue weighted by atomic mass is 16.6. The molecule has 7 nitrogen and oxygen atoms in total. The number of carbonyl (C=O) groups excluding carboxylic acids is 1. The molecule has 0 aliphatic heterocycles. The van der Waals surface area contributed by atoms with Gasteiger partial charge in [0.05, 0.1) is 11.6 Å². The number of carbonyl (C=O) groups is 2. The number of nitrogens with zero attached hydrogens (tertiary/aromatic N) is 1. The first-order chi connectivity index (χ1) is 10.2. The second kappa shape index (κ2) is 7.31. The number of amides is 1. The zero-order chi connectivity index (χ0) is 16.8. The average Bonchev–Trinajstić information content (AvgIpc) is 2.41. The van der Waals surface area contributed by atoms with Gasteiger partial charge in [-0.1, -0.05) is 6.07 Å². The summed E-state index contributed by atoms with van der Waals surface area (Å²) in [5.41, 5.74) is -0.334. The van der Waals surface area contributed by atoms with E-state index in [1.165, 1.54) is 6.07 Å². The predicted octanol–water partition coefficient (Wildman–Crippen LogP) is 1.91. The van der Waals surface area contributed by atoms with E-state index in [0.717, 1.165) is 0 Å². The molecule has 0 bridgehead atoms. The first kappa shape index (κ1) is 17.3. The topological polar surface area (TPSA) is 109 Å². The quantitative estimate of drug-likeness (QED) is 0.860. The zero-order valence-corrected chi connectivity index (χ0v) is 12.6. The molecule has 1 aromatic carbocycles. The largest absolute Gasteiger partial charge is 0.491 e. The summed E-state index contributed by atoms with van der Waals surface area (Å²) >= 11 is 0. The Bertz CT molecular complexity index is 586. The summed E-state index contributed by atoms with van der Waals surface area (Å²) in [7, 11) is 0. The molecular formula is C15H18N2O5. The molecule has 1 rings (SSSR count). The molecule has 0 fully saturated rings. The third-order valence-corrected chi connectivity index (χ3v) is 2.37. The lowest BCUT2D eigenvalue weighted by Crippen LogP contribution is -2.46. The van der Waals surface area contributed by atoms with Crippen LogP contribution in [0.15, 0.2) is 24.3 Å². The van der Waals surface area contributed by atoms with E-state index in [0.29, 0.717) is 11.3 Å². The number of rotatable bonds is 5. The summed E-state index contributed by atoms with van der Waals surface area (Å²) in [6.07, 6.45) is -0.839. The van der Waals surface area contributed by atoms with Gasteiger partial charge in [-0.15, -0.1) is 0 Å². The molecule has 1 aromatic rings. The van der Waals surface area contributed by atoms with E-state index in [2.05, 4.69) is 5.32 Å². The van der Waals surface area contributed by atoms with Crippen molar-refractivity contribution in [2.75, 3.05) is 6.61 Å². The third kappa shape index (κ3) is 6.13. The number of benzene rings is 1. The number of ether oxygens (including phenoxy) is 2. The van der Waals surface area contributed by atoms with Crippen LogP contribution in [0.3, 0.4) is 0 Å². The van der Waals surface area contributed by atoms with E-state index in [1.807, 2.05) is 6.07 Å². The second-order valence-corrected chi connectivity index (χ2v) is 5.49. The monoisotopic (exact) mass is 306 g/mol. The predicted molar refractivity (Wildman–Crippen MR) is 77.4 cm³/mol. The number of carboxylic acid groups (broad SMARTS) is 1. The summed E-state index contributed by atoms with van der Waals surface area (Å²) in [6, 6.07) is 6.97. The summed E-state index contributed by atoms with van der Waals surface area (Å²) in [4.78, 5) is 22.7. The van der Waals surface area contributed by atoms with Crippen molar-refractivity contribution in [3.8, 4) is 11.8 Å². The van der Waals surface area contributed by atoms with E-state index in [4.69, 9.17) is 19.8 Å². The van der Waals surface area contributed by atoms with Gasteiger partial charge in [0.25, 0.3) is 0 Å². The molecule has 0 aliphatic carbocycles. The first-order valence-corrected chi connectivity index (χ1v) is 6.56. The lowest BCUT2D eigenvalue weighted by atomic mass is 10.2. The molecule has 7 heteroatoms. The summed E-state index contributed by atoms with van der Waals surface area (Å²) < 4.78 is 10.3. The highest BCUT2D eigenvalue weighted by Gasteiger charge is 2.24. The van der Waals surface area contributed by atoms with Gasteiger partial charge >= 0.3 is 12.1 Å². The van der Waals surface area contributed by atoms with E-state index in [1.54, 1.807) is 39.0 Å². The molecule has 118 valence electrons. The minimum absolute atomic E-state index is 0.288. The van der Waals surface area contributed by atoms with Crippen LogP contribution in [0.2, 0.25) is 0 Å². The molecule has 0 heterocycles. The molecule has 0 unspecified atom stereocenters. The van der Waals surface area contributed by atoms with Gasteiger partial charge < -0.3 is 19.9 Å². The van der Waals surface area contributed by atoms with E-state index in [-0.39, 0.29) is 6.61 Å². The molecule has 0 radical (unpaired) electrons. The van der Waals surface area contributed by atoms with Gasteiger partial charge in [-0.3, -0.25) is 0 Å². The minimum atomic E-state index is -1.26. The van der Waals surface area contributed by atoms with Gasteiger partial charge in [0, 0.05) is 0 Å². The van der Waals surface area contributed by atoms with Crippen LogP contribution in [0.5, 0.6) is 5.75 Å². The van der Waals surface area contributed by atoms with Crippen molar-refractivity contribution in [3.05, 3.63) is 29.8 Å². The molecule has 0 aliphatic rings. The maximum Gasteiger partial charge on any atom is 0.408 e. The summed E-state index contributed by atoms with van der Waals surface area (Å²) in [6.45, 7) is 4.73. The fourth-order valence-electron chi connectivity index (χ4n) is 1.46. The van der Waals surface area contributed by atoms with Gasteiger partial charge in [0.2, 0.25) is 0 Å². The molecule has 1 atom stereocenters. The van der Waals surface area contributed by atoms with Gasteiger partial charge in [0.15, 0.2) is 6.04 Å². The normalized spacial score (nSPS) is 11.9. The standard InChI is InChI=1S/C15H18N2O5/c1-15(2,3)22-14(20)17-12(13(18)19)9-21-11-6-4-5-10(7-11)8-16/h4-7,12H,9H2,1-3H3,(H,17,20)(H,18,19)/t12-/m1/s1. The van der Waals surface area contributed by atoms with Crippen LogP contribution in [-0.4, -0.2) is 35.4 Å². The summed E-state index contributed by atoms with van der Waals surface area (Å²) in [5.74, 6) is -0.904. The first-order valence-electron chi connectivity index (χ1n) is 6.56. The molecule has 0 saturated carbocycles. The van der Waals surface area contributed by atoms with Gasteiger partial charge in [-0.05, 0) is 39.0 Å². The molecule has 22 heavy (non-hydrogen) atoms. The Morgan fingerprint density at radius 3 is 2.64 bits per heavy atom. The Kier molecular flexibility index (Phi) is 5.75. The SMILES string of the molecule is CC(C)(C)OC(=O)N[C@H](COc1cccc(C#N)c1)C(=O)O. The maximum absolute atomic E-state index is 11.6. The zero-order valence-electron chi connectivity index (χ0n) is 12.6. The van der Waals surface area contributed by atoms with Crippen LogP contribution in [0.25, 0.3) is 0 Å². The van der Waals surface area contributed by atoms with E-state index < -0.39 is 23.7 Å². The van der Waals surface area contributed by atoms with E-state index >= 15 is 0 Å². The van der Waals surface area contributed by atoms with Crippen molar-refractivity contribution in [2.45, 2.75) is 32.4 Å². The maximum atomic E-state index is 11.6. The van der Waals surface area contributed by atoms with E-state index in [9.17, 15) is 9.59 Å². The van der Waals surface area contributed by atoms with Crippen molar-refractivity contribution in [2.24, 2.45) is 0 Å². The third-order valence-electron chi connectivity index (χ3n) is 2.37. The number of carboxylic acids is 1. The highest BCUT2D eigenvalue weighted by Crippen LogP contribution is 2.13. The molecule has 0 saturated heterocycles. The number of nitrogens with one attached hydrogen (secondary N) is 1. The van der Waals surface area contributed by atoms with Crippen LogP contribution >= 0.6 is 0 Å². The Labute approximate surface area is 128 Å². The van der Waals surface area contributed by atoms with Gasteiger partial charge in [-0.2, -0.15) is 5.26 Å². The van der Waals surface area contributed by atoms with Crippen molar-refractivity contribution in [1.29, 1.82) is 5.26 Å². The highest BCUT2D eigenvalue weighted by molar-refractivity contribution is 5.80. The molecule has 1 amide bonds. The second-order valence-electron chi connectivity index (χ2n) is 5.49. The van der Waals surface area contributed by atoms with Crippen LogP contribution in [0.1, 0.15) is 26.3 Å². The van der Waals surface area contributed by atoms with Crippen molar-refractivity contribution < 1.29 is 24.2 Å². The molecule has 2 N–H and O–H groups in total. The van der Waals surface area contributed by atoms with Crippen molar-refractivity contribution in [1.82, 2.24) is 5.32 Å². The Balaban J connectivity index is 2.63. The van der Waals surface area contributed by atoms with Crippen LogP contribution in [0, 0.1) is 11.3 Å². The molecule has 0 aromatic heterocycles. The van der Waals surface area contributed by atoms with Crippen LogP contribution in [-0.2, 0) is 9.53 Å². The number of alkyl carbamates (subject to hydrolysis) is 1. The smallest absolute Gasteiger partial charge is 0.408 e. The lowest BCUT2D eigenvalue weighted by molar-refractivity contribution is -0.140. The Hall–Kier alpha value is -2.75. The number of aliphatic carboxylic acids is 1. The Morgan fingerprint density at radius 1 is 1.41 bits per heavy atom. The van der Waals surface area contributed by atoms with Crippen LogP contribution < -0.4 is 10.1 Å². The molecular weight excluding hydrogens is 288 g/mol. The van der Waals surface area contributed by atoms with Gasteiger partial charge in [-0.25, -0.2) is 9.59 Å². The fourth-order valence-corrected chi connectivity index (χ4v) is 1.46. The molecule has 0 spiro atoms. The van der Waals surface area contributed by atoms with Crippen molar-refractivity contribution in [3.63, 3.8) is 0 Å². The fraction of sp³-hybridized carbons (Fsp3) is 0.400.